The Labute approximate surface area is 259 Å². The van der Waals surface area contributed by atoms with Crippen LogP contribution in [-0.2, 0) is 14.4 Å². The summed E-state index contributed by atoms with van der Waals surface area (Å²) in [5, 5.41) is 8.29. The summed E-state index contributed by atoms with van der Waals surface area (Å²) >= 11 is 0. The third-order valence-corrected chi connectivity index (χ3v) is 8.69. The molecule has 1 aromatic carbocycles. The lowest BCUT2D eigenvalue weighted by atomic mass is 9.87. The number of Topliss-reactive ketones (excluding diaryl/α,β-unsaturated/α-hetero) is 1. The molecule has 2 aliphatic heterocycles. The summed E-state index contributed by atoms with van der Waals surface area (Å²) in [5.74, 6) is 2.42. The zero-order valence-electron chi connectivity index (χ0n) is 26.5. The molecule has 44 heavy (non-hydrogen) atoms. The predicted molar refractivity (Wildman–Crippen MR) is 170 cm³/mol. The van der Waals surface area contributed by atoms with Crippen LogP contribution < -0.4 is 15.0 Å². The van der Waals surface area contributed by atoms with Crippen LogP contribution in [0.4, 0.5) is 5.82 Å². The molecule has 4 heterocycles. The fraction of sp³-hybridized carbons (Fsp3) is 0.545. The van der Waals surface area contributed by atoms with Crippen LogP contribution in [0.5, 0.6) is 5.75 Å². The number of oxazole rings is 1. The molecule has 11 nitrogen and oxygen atoms in total. The largest absolute Gasteiger partial charge is 0.496 e. The first-order chi connectivity index (χ1) is 21.2. The van der Waals surface area contributed by atoms with Crippen LogP contribution in [0.15, 0.2) is 40.0 Å². The van der Waals surface area contributed by atoms with Gasteiger partial charge >= 0.3 is 0 Å². The van der Waals surface area contributed by atoms with Crippen LogP contribution in [0.1, 0.15) is 76.6 Å². The summed E-state index contributed by atoms with van der Waals surface area (Å²) in [7, 11) is 7.62. The van der Waals surface area contributed by atoms with Crippen molar-refractivity contribution in [3.8, 4) is 17.1 Å². The Hall–Kier alpha value is -3.99. The van der Waals surface area contributed by atoms with Gasteiger partial charge in [0.2, 0.25) is 5.89 Å². The van der Waals surface area contributed by atoms with Crippen LogP contribution in [-0.4, -0.2) is 79.2 Å². The van der Waals surface area contributed by atoms with E-state index in [2.05, 4.69) is 27.4 Å². The van der Waals surface area contributed by atoms with Gasteiger partial charge in [-0.15, -0.1) is 0 Å². The number of rotatable bonds is 13. The monoisotopic (exact) mass is 604 g/mol. The number of amides is 1. The van der Waals surface area contributed by atoms with Crippen molar-refractivity contribution in [2.45, 2.75) is 76.4 Å². The molecule has 1 amide bonds. The minimum atomic E-state index is -0.467. The van der Waals surface area contributed by atoms with Crippen molar-refractivity contribution in [3.63, 3.8) is 0 Å². The number of carbonyl (C=O) groups is 2. The molecule has 0 unspecified atom stereocenters. The van der Waals surface area contributed by atoms with E-state index in [1.165, 1.54) is 0 Å². The number of aromatic nitrogens is 2. The molecule has 5 rings (SSSR count). The molecule has 0 bridgehead atoms. The molecule has 1 spiro atoms. The third kappa shape index (κ3) is 7.20. The van der Waals surface area contributed by atoms with Gasteiger partial charge in [-0.3, -0.25) is 9.59 Å². The van der Waals surface area contributed by atoms with Gasteiger partial charge in [0.25, 0.3) is 5.91 Å². The lowest BCUT2D eigenvalue weighted by Crippen LogP contribution is -2.44. The fourth-order valence-electron chi connectivity index (χ4n) is 5.79. The average Bonchev–Trinajstić information content (AvgIpc) is 3.69. The molecule has 1 N–H and O–H groups in total. The van der Waals surface area contributed by atoms with Crippen molar-refractivity contribution in [2.24, 2.45) is 5.16 Å². The molecule has 0 saturated carbocycles. The first-order valence-electron chi connectivity index (χ1n) is 15.6. The minimum absolute atomic E-state index is 0.266. The molecule has 0 radical (unpaired) electrons. The Morgan fingerprint density at radius 2 is 1.95 bits per heavy atom. The first-order valence-corrected chi connectivity index (χ1v) is 15.6. The highest BCUT2D eigenvalue weighted by Gasteiger charge is 2.43. The highest BCUT2D eigenvalue weighted by molar-refractivity contribution is 6.39. The molecular weight excluding hydrogens is 560 g/mol. The summed E-state index contributed by atoms with van der Waals surface area (Å²) < 4.78 is 12.0. The van der Waals surface area contributed by atoms with Gasteiger partial charge in [-0.2, -0.15) is 0 Å². The van der Waals surface area contributed by atoms with E-state index in [1.54, 1.807) is 13.3 Å². The summed E-state index contributed by atoms with van der Waals surface area (Å²) in [6.45, 7) is 3.72. The Kier molecular flexibility index (Phi) is 9.83. The van der Waals surface area contributed by atoms with E-state index in [1.807, 2.05) is 50.2 Å². The number of fused-ring (bicyclic) bond motifs is 1. The zero-order chi connectivity index (χ0) is 31.3. The molecular formula is C33H44N6O5. The number of benzene rings is 1. The molecule has 1 saturated heterocycles. The van der Waals surface area contributed by atoms with E-state index in [0.717, 1.165) is 67.5 Å². The number of ketones is 1. The van der Waals surface area contributed by atoms with Gasteiger partial charge in [-0.05, 0) is 38.1 Å². The first kappa shape index (κ1) is 31.4. The second-order valence-corrected chi connectivity index (χ2v) is 12.2. The summed E-state index contributed by atoms with van der Waals surface area (Å²) in [5.41, 5.74) is 1.57. The quantitative estimate of drug-likeness (QED) is 0.259. The number of anilines is 1. The number of carbonyl (C=O) groups excluding carboxylic acids is 2. The maximum atomic E-state index is 13.5. The molecule has 0 aliphatic carbocycles. The molecule has 1 fully saturated rings. The number of ether oxygens (including phenoxy) is 1. The van der Waals surface area contributed by atoms with Crippen molar-refractivity contribution >= 4 is 34.1 Å². The SMILES string of the molecule is CCC(=O)CCCCC[C@H](NC(=O)C1=NOC2(CCN(C)CC2)C1)c1ncc(-c2cc3ccc(N(C)C)nc3cc2OC)o1. The zero-order valence-corrected chi connectivity index (χ0v) is 26.5. The van der Waals surface area contributed by atoms with Gasteiger partial charge in [-0.25, -0.2) is 9.97 Å². The number of nitrogens with one attached hydrogen (secondary N) is 1. The minimum Gasteiger partial charge on any atom is -0.496 e. The number of hydrogen-bond donors (Lipinski definition) is 1. The fourth-order valence-corrected chi connectivity index (χ4v) is 5.79. The molecule has 1 atom stereocenters. The summed E-state index contributed by atoms with van der Waals surface area (Å²) in [6.07, 6.45) is 8.08. The van der Waals surface area contributed by atoms with Gasteiger partial charge in [-0.1, -0.05) is 24.9 Å². The maximum Gasteiger partial charge on any atom is 0.269 e. The number of piperidine rings is 1. The van der Waals surface area contributed by atoms with Crippen LogP contribution in [0.25, 0.3) is 22.2 Å². The average molecular weight is 605 g/mol. The molecule has 11 heteroatoms. The van der Waals surface area contributed by atoms with Crippen LogP contribution in [0, 0.1) is 0 Å². The van der Waals surface area contributed by atoms with E-state index in [4.69, 9.17) is 19.0 Å². The van der Waals surface area contributed by atoms with Gasteiger partial charge < -0.3 is 29.1 Å². The van der Waals surface area contributed by atoms with Crippen molar-refractivity contribution < 1.29 is 23.6 Å². The van der Waals surface area contributed by atoms with E-state index in [-0.39, 0.29) is 11.7 Å². The number of nitrogens with zero attached hydrogens (tertiary/aromatic N) is 5. The Morgan fingerprint density at radius 1 is 1.16 bits per heavy atom. The highest BCUT2D eigenvalue weighted by Crippen LogP contribution is 2.37. The van der Waals surface area contributed by atoms with Gasteiger partial charge in [0, 0.05) is 70.7 Å². The number of methoxy groups -OCH3 is 1. The third-order valence-electron chi connectivity index (χ3n) is 8.69. The van der Waals surface area contributed by atoms with Gasteiger partial charge in [0.15, 0.2) is 5.76 Å². The normalized spacial score (nSPS) is 16.9. The number of oxime groups is 1. The highest BCUT2D eigenvalue weighted by atomic mass is 16.7. The second-order valence-electron chi connectivity index (χ2n) is 12.2. The topological polar surface area (TPSA) is 122 Å². The number of hydrogen-bond acceptors (Lipinski definition) is 10. The van der Waals surface area contributed by atoms with Crippen LogP contribution >= 0.6 is 0 Å². The predicted octanol–water partition coefficient (Wildman–Crippen LogP) is 5.29. The van der Waals surface area contributed by atoms with Crippen LogP contribution in [0.3, 0.4) is 0 Å². The molecule has 2 aromatic heterocycles. The molecule has 2 aliphatic rings. The van der Waals surface area contributed by atoms with E-state index in [0.29, 0.717) is 48.8 Å². The van der Waals surface area contributed by atoms with Crippen molar-refractivity contribution in [3.05, 3.63) is 36.4 Å². The number of unbranched alkanes of at least 4 members (excludes halogenated alkanes) is 2. The van der Waals surface area contributed by atoms with Gasteiger partial charge in [0.1, 0.15) is 34.7 Å². The van der Waals surface area contributed by atoms with E-state index < -0.39 is 11.6 Å². The number of likely N-dealkylation sites (tertiary alicyclic amines) is 1. The second kappa shape index (κ2) is 13.8. The van der Waals surface area contributed by atoms with Crippen LogP contribution in [0.2, 0.25) is 0 Å². The Morgan fingerprint density at radius 3 is 2.68 bits per heavy atom. The number of pyridine rings is 1. The van der Waals surface area contributed by atoms with E-state index >= 15 is 0 Å². The van der Waals surface area contributed by atoms with Crippen molar-refractivity contribution in [1.29, 1.82) is 0 Å². The van der Waals surface area contributed by atoms with E-state index in [9.17, 15) is 9.59 Å². The summed E-state index contributed by atoms with van der Waals surface area (Å²) in [6, 6.07) is 7.40. The Bertz CT molecular complexity index is 1510. The maximum absolute atomic E-state index is 13.5. The smallest absolute Gasteiger partial charge is 0.269 e. The lowest BCUT2D eigenvalue weighted by Gasteiger charge is -2.35. The standard InChI is InChI=1S/C33H44N6O5/c1-6-23(40)10-8-7-9-11-25(36-31(41)27-20-33(44-37-27)14-16-39(4)17-15-33)32-34-21-29(43-32)24-18-22-12-13-30(38(2)3)35-26(22)19-28(24)42-5/h12-13,18-19,21,25H,6-11,14-17,20H2,1-5H3,(H,36,41)/t25-/m0/s1. The molecule has 3 aromatic rings. The van der Waals surface area contributed by atoms with Crippen molar-refractivity contribution in [1.82, 2.24) is 20.2 Å². The summed E-state index contributed by atoms with van der Waals surface area (Å²) in [4.78, 5) is 44.6. The Balaban J connectivity index is 1.34. The van der Waals surface area contributed by atoms with Crippen molar-refractivity contribution in [2.75, 3.05) is 46.2 Å². The van der Waals surface area contributed by atoms with Gasteiger partial charge in [0.05, 0.1) is 24.4 Å². The lowest BCUT2D eigenvalue weighted by molar-refractivity contribution is -0.119. The molecule has 236 valence electrons.